The van der Waals surface area contributed by atoms with Crippen LogP contribution in [0.3, 0.4) is 0 Å². The highest BCUT2D eigenvalue weighted by Gasteiger charge is 2.12. The average molecular weight is 358 g/mol. The number of rotatable bonds is 4. The summed E-state index contributed by atoms with van der Waals surface area (Å²) in [4.78, 5) is 0.387. The molecule has 2 aromatic carbocycles. The molecule has 0 aromatic heterocycles. The molecule has 0 aliphatic carbocycles. The van der Waals surface area contributed by atoms with E-state index in [1.165, 1.54) is 24.3 Å². The van der Waals surface area contributed by atoms with E-state index in [1.807, 2.05) is 0 Å². The summed E-state index contributed by atoms with van der Waals surface area (Å²) in [6.45, 7) is 0. The quantitative estimate of drug-likeness (QED) is 0.784. The van der Waals surface area contributed by atoms with E-state index in [9.17, 15) is 16.8 Å². The highest BCUT2D eigenvalue weighted by molar-refractivity contribution is 7.92. The highest BCUT2D eigenvalue weighted by Crippen LogP contribution is 2.09. The van der Waals surface area contributed by atoms with Crippen LogP contribution >= 0.6 is 0 Å². The Balaban J connectivity index is 1.99. The van der Waals surface area contributed by atoms with Gasteiger partial charge in [-0.2, -0.15) is 0 Å². The Kier molecular flexibility index (Phi) is 5.81. The van der Waals surface area contributed by atoms with Crippen LogP contribution in [0.2, 0.25) is 0 Å². The maximum Gasteiger partial charge on any atom is 0.189 e. The molecule has 2 aromatic rings. The lowest BCUT2D eigenvalue weighted by atomic mass is 10.4. The van der Waals surface area contributed by atoms with Gasteiger partial charge in [0.2, 0.25) is 0 Å². The lowest BCUT2D eigenvalue weighted by Crippen LogP contribution is -2.05. The molecule has 0 bridgehead atoms. The SMILES string of the molecule is O=S(=O)(CC#CC#CCS(=O)(=O)c1ccccc1)c1ccccc1. The number of benzene rings is 2. The first-order valence-electron chi connectivity index (χ1n) is 6.93. The zero-order valence-electron chi connectivity index (χ0n) is 12.6. The lowest BCUT2D eigenvalue weighted by Gasteiger charge is -1.98. The molecule has 122 valence electrons. The van der Waals surface area contributed by atoms with E-state index in [4.69, 9.17) is 0 Å². The van der Waals surface area contributed by atoms with Crippen molar-refractivity contribution in [2.75, 3.05) is 11.5 Å². The Bertz CT molecular complexity index is 929. The van der Waals surface area contributed by atoms with E-state index < -0.39 is 19.7 Å². The molecule has 2 rings (SSSR count). The molecular formula is C18H14O4S2. The largest absolute Gasteiger partial charge is 0.223 e. The van der Waals surface area contributed by atoms with Gasteiger partial charge in [0.05, 0.1) is 9.79 Å². The zero-order chi connectivity index (χ0) is 17.5. The van der Waals surface area contributed by atoms with Gasteiger partial charge >= 0.3 is 0 Å². The van der Waals surface area contributed by atoms with Crippen LogP contribution in [0.1, 0.15) is 0 Å². The lowest BCUT2D eigenvalue weighted by molar-refractivity contribution is 0.597. The molecule has 0 atom stereocenters. The molecule has 0 unspecified atom stereocenters. The fraction of sp³-hybridized carbons (Fsp3) is 0.111. The number of sulfone groups is 2. The van der Waals surface area contributed by atoms with Gasteiger partial charge < -0.3 is 0 Å². The summed E-state index contributed by atoms with van der Waals surface area (Å²) in [5.74, 6) is 8.92. The molecule has 0 fully saturated rings. The monoisotopic (exact) mass is 358 g/mol. The molecule has 0 saturated carbocycles. The zero-order valence-corrected chi connectivity index (χ0v) is 14.3. The van der Waals surface area contributed by atoms with Crippen LogP contribution in [0.5, 0.6) is 0 Å². The van der Waals surface area contributed by atoms with Crippen LogP contribution in [0.4, 0.5) is 0 Å². The first kappa shape index (κ1) is 17.8. The summed E-state index contributed by atoms with van der Waals surface area (Å²) < 4.78 is 47.9. The van der Waals surface area contributed by atoms with E-state index in [2.05, 4.69) is 23.7 Å². The minimum Gasteiger partial charge on any atom is -0.223 e. The molecule has 0 amide bonds. The summed E-state index contributed by atoms with van der Waals surface area (Å²) in [6, 6.07) is 16.0. The van der Waals surface area contributed by atoms with Crippen molar-refractivity contribution in [2.45, 2.75) is 9.79 Å². The van der Waals surface area contributed by atoms with Crippen molar-refractivity contribution in [1.29, 1.82) is 0 Å². The second-order valence-electron chi connectivity index (χ2n) is 4.75. The first-order valence-corrected chi connectivity index (χ1v) is 10.2. The summed E-state index contributed by atoms with van der Waals surface area (Å²) in [7, 11) is -6.96. The Morgan fingerprint density at radius 2 is 0.917 bits per heavy atom. The summed E-state index contributed by atoms with van der Waals surface area (Å²) >= 11 is 0. The maximum absolute atomic E-state index is 12.0. The van der Waals surface area contributed by atoms with Gasteiger partial charge in [0, 0.05) is 0 Å². The second kappa shape index (κ2) is 7.83. The van der Waals surface area contributed by atoms with Gasteiger partial charge in [0.1, 0.15) is 11.5 Å². The van der Waals surface area contributed by atoms with Gasteiger partial charge in [-0.15, -0.1) is 0 Å². The van der Waals surface area contributed by atoms with E-state index in [-0.39, 0.29) is 21.3 Å². The molecule has 0 aliphatic heterocycles. The Hall–Kier alpha value is -2.54. The van der Waals surface area contributed by atoms with Gasteiger partial charge in [-0.05, 0) is 36.1 Å². The molecule has 6 heteroatoms. The minimum atomic E-state index is -3.48. The van der Waals surface area contributed by atoms with Crippen molar-refractivity contribution >= 4 is 19.7 Å². The third-order valence-corrected chi connectivity index (χ3v) is 6.00. The molecular weight excluding hydrogens is 344 g/mol. The van der Waals surface area contributed by atoms with E-state index >= 15 is 0 Å². The molecule has 0 heterocycles. The van der Waals surface area contributed by atoms with E-state index in [0.717, 1.165) is 0 Å². The standard InChI is InChI=1S/C18H14O4S2/c19-23(20,17-11-5-3-6-12-17)15-9-1-2-10-16-24(21,22)18-13-7-4-8-14-18/h3-8,11-14H,15-16H2. The first-order chi connectivity index (χ1) is 11.4. The minimum absolute atomic E-state index is 0.193. The normalized spacial score (nSPS) is 10.8. The topological polar surface area (TPSA) is 68.3 Å². The van der Waals surface area contributed by atoms with Crippen LogP contribution in [0, 0.1) is 23.7 Å². The molecule has 0 spiro atoms. The van der Waals surface area contributed by atoms with E-state index in [1.54, 1.807) is 36.4 Å². The van der Waals surface area contributed by atoms with E-state index in [0.29, 0.717) is 0 Å². The third-order valence-electron chi connectivity index (χ3n) is 2.97. The molecule has 0 radical (unpaired) electrons. The third kappa shape index (κ3) is 4.99. The van der Waals surface area contributed by atoms with Crippen molar-refractivity contribution in [3.05, 3.63) is 60.7 Å². The number of hydrogen-bond acceptors (Lipinski definition) is 4. The van der Waals surface area contributed by atoms with Gasteiger partial charge in [0.15, 0.2) is 19.7 Å². The predicted octanol–water partition coefficient (Wildman–Crippen LogP) is 1.94. The summed E-state index contributed by atoms with van der Waals surface area (Å²) in [5.41, 5.74) is 0. The van der Waals surface area contributed by atoms with Crippen molar-refractivity contribution in [2.24, 2.45) is 0 Å². The Morgan fingerprint density at radius 3 is 1.25 bits per heavy atom. The predicted molar refractivity (Wildman–Crippen MR) is 92.5 cm³/mol. The van der Waals surface area contributed by atoms with Gasteiger partial charge in [-0.3, -0.25) is 0 Å². The highest BCUT2D eigenvalue weighted by atomic mass is 32.2. The van der Waals surface area contributed by atoms with Gasteiger partial charge in [0.25, 0.3) is 0 Å². The van der Waals surface area contributed by atoms with Crippen molar-refractivity contribution in [3.8, 4) is 23.7 Å². The maximum atomic E-state index is 12.0. The smallest absolute Gasteiger partial charge is 0.189 e. The van der Waals surface area contributed by atoms with Gasteiger partial charge in [-0.25, -0.2) is 16.8 Å². The van der Waals surface area contributed by atoms with Crippen LogP contribution in [0.25, 0.3) is 0 Å². The van der Waals surface area contributed by atoms with Crippen molar-refractivity contribution < 1.29 is 16.8 Å². The van der Waals surface area contributed by atoms with Crippen molar-refractivity contribution in [1.82, 2.24) is 0 Å². The van der Waals surface area contributed by atoms with Crippen LogP contribution in [0.15, 0.2) is 70.5 Å². The van der Waals surface area contributed by atoms with Crippen LogP contribution < -0.4 is 0 Å². The summed E-state index contributed by atoms with van der Waals surface area (Å²) in [5, 5.41) is 0. The molecule has 4 nitrogen and oxygen atoms in total. The Morgan fingerprint density at radius 1 is 0.583 bits per heavy atom. The summed E-state index contributed by atoms with van der Waals surface area (Å²) in [6.07, 6.45) is 0. The van der Waals surface area contributed by atoms with Crippen LogP contribution in [-0.4, -0.2) is 28.3 Å². The second-order valence-corrected chi connectivity index (χ2v) is 8.73. The molecule has 0 saturated heterocycles. The average Bonchev–Trinajstić information content (AvgIpc) is 2.59. The molecule has 0 aliphatic rings. The fourth-order valence-electron chi connectivity index (χ4n) is 1.77. The van der Waals surface area contributed by atoms with Crippen LogP contribution in [-0.2, 0) is 19.7 Å². The molecule has 24 heavy (non-hydrogen) atoms. The van der Waals surface area contributed by atoms with Gasteiger partial charge in [-0.1, -0.05) is 48.2 Å². The Labute approximate surface area is 142 Å². The fourth-order valence-corrected chi connectivity index (χ4v) is 3.77. The van der Waals surface area contributed by atoms with Crippen molar-refractivity contribution in [3.63, 3.8) is 0 Å². The number of hydrogen-bond donors (Lipinski definition) is 0. The molecule has 0 N–H and O–H groups in total.